The van der Waals surface area contributed by atoms with Crippen LogP contribution in [0.2, 0.25) is 0 Å². The average molecular weight is 461 g/mol. The van der Waals surface area contributed by atoms with Crippen molar-refractivity contribution in [1.29, 1.82) is 0 Å². The van der Waals surface area contributed by atoms with Crippen molar-refractivity contribution in [3.8, 4) is 0 Å². The van der Waals surface area contributed by atoms with Gasteiger partial charge in [0.1, 0.15) is 5.82 Å². The fraction of sp³-hybridized carbons (Fsp3) is 0.529. The van der Waals surface area contributed by atoms with Crippen LogP contribution in [0.15, 0.2) is 29.3 Å². The van der Waals surface area contributed by atoms with Gasteiger partial charge in [0.2, 0.25) is 0 Å². The molecule has 24 heavy (non-hydrogen) atoms. The molecule has 0 bridgehead atoms. The molecule has 0 atom stereocenters. The molecule has 3 N–H and O–H groups in total. The summed E-state index contributed by atoms with van der Waals surface area (Å²) in [5, 5.41) is 6.71. The number of para-hydroxylation sites is 2. The highest BCUT2D eigenvalue weighted by atomic mass is 127. The zero-order chi connectivity index (χ0) is 16.3. The van der Waals surface area contributed by atoms with Gasteiger partial charge in [-0.3, -0.25) is 4.99 Å². The zero-order valence-electron chi connectivity index (χ0n) is 14.5. The van der Waals surface area contributed by atoms with Crippen LogP contribution in [0.4, 0.5) is 0 Å². The van der Waals surface area contributed by atoms with Gasteiger partial charge in [-0.15, -0.1) is 24.0 Å². The first-order valence-corrected chi connectivity index (χ1v) is 9.60. The third-order valence-electron chi connectivity index (χ3n) is 3.61. The Morgan fingerprint density at radius 2 is 1.92 bits per heavy atom. The molecular weight excluding hydrogens is 433 g/mol. The van der Waals surface area contributed by atoms with Crippen molar-refractivity contribution in [2.75, 3.05) is 32.1 Å². The molecule has 0 unspecified atom stereocenters. The lowest BCUT2D eigenvalue weighted by Gasteiger charge is -2.11. The number of unbranched alkanes of at least 4 members (excludes halogenated alkanes) is 1. The van der Waals surface area contributed by atoms with E-state index in [0.29, 0.717) is 0 Å². The second-order valence-electron chi connectivity index (χ2n) is 5.43. The van der Waals surface area contributed by atoms with Crippen LogP contribution in [0.25, 0.3) is 11.0 Å². The number of fused-ring (bicyclic) bond motifs is 1. The van der Waals surface area contributed by atoms with Crippen molar-refractivity contribution in [2.45, 2.75) is 25.7 Å². The number of guanidine groups is 1. The van der Waals surface area contributed by atoms with Gasteiger partial charge in [0.25, 0.3) is 0 Å². The minimum Gasteiger partial charge on any atom is -0.356 e. The van der Waals surface area contributed by atoms with Crippen LogP contribution in [0.1, 0.15) is 25.1 Å². The number of thioether (sulfide) groups is 1. The number of imidazole rings is 1. The first-order chi connectivity index (χ1) is 11.3. The van der Waals surface area contributed by atoms with E-state index >= 15 is 0 Å². The summed E-state index contributed by atoms with van der Waals surface area (Å²) in [5.41, 5.74) is 2.15. The summed E-state index contributed by atoms with van der Waals surface area (Å²) in [6.45, 7) is 1.87. The number of halogens is 1. The highest BCUT2D eigenvalue weighted by Gasteiger charge is 2.02. The van der Waals surface area contributed by atoms with E-state index in [1.807, 2.05) is 37.0 Å². The van der Waals surface area contributed by atoms with E-state index in [0.717, 1.165) is 48.7 Å². The first-order valence-electron chi connectivity index (χ1n) is 8.20. The summed E-state index contributed by atoms with van der Waals surface area (Å²) < 4.78 is 0. The minimum absolute atomic E-state index is 0. The molecule has 2 rings (SSSR count). The van der Waals surface area contributed by atoms with Crippen LogP contribution >= 0.6 is 35.7 Å². The molecule has 5 nitrogen and oxygen atoms in total. The summed E-state index contributed by atoms with van der Waals surface area (Å²) in [5.74, 6) is 3.16. The van der Waals surface area contributed by atoms with Crippen molar-refractivity contribution in [3.05, 3.63) is 30.1 Å². The van der Waals surface area contributed by atoms with Crippen LogP contribution in [0, 0.1) is 0 Å². The topological polar surface area (TPSA) is 65.1 Å². The van der Waals surface area contributed by atoms with Gasteiger partial charge < -0.3 is 15.6 Å². The van der Waals surface area contributed by atoms with Gasteiger partial charge in [-0.2, -0.15) is 11.8 Å². The van der Waals surface area contributed by atoms with E-state index in [1.165, 1.54) is 18.6 Å². The van der Waals surface area contributed by atoms with Crippen LogP contribution < -0.4 is 10.6 Å². The third kappa shape index (κ3) is 7.29. The molecule has 2 aromatic rings. The van der Waals surface area contributed by atoms with Gasteiger partial charge in [-0.25, -0.2) is 4.98 Å². The largest absolute Gasteiger partial charge is 0.356 e. The first kappa shape index (κ1) is 21.1. The molecule has 7 heteroatoms. The molecule has 0 aliphatic carbocycles. The number of aliphatic imine (C=N–C) groups is 1. The van der Waals surface area contributed by atoms with E-state index < -0.39 is 0 Å². The molecular formula is C17H28IN5S. The van der Waals surface area contributed by atoms with Gasteiger partial charge in [0, 0.05) is 26.6 Å². The summed E-state index contributed by atoms with van der Waals surface area (Å²) >= 11 is 1.90. The van der Waals surface area contributed by atoms with Gasteiger partial charge in [-0.05, 0) is 43.4 Å². The number of hydrogen-bond acceptors (Lipinski definition) is 3. The summed E-state index contributed by atoms with van der Waals surface area (Å²) in [6, 6.07) is 8.15. The summed E-state index contributed by atoms with van der Waals surface area (Å²) in [6.07, 6.45) is 6.53. The van der Waals surface area contributed by atoms with E-state index in [4.69, 9.17) is 0 Å². The van der Waals surface area contributed by atoms with Crippen LogP contribution in [-0.2, 0) is 6.42 Å². The molecule has 134 valence electrons. The Kier molecular flexibility index (Phi) is 10.9. The Hall–Kier alpha value is -0.960. The second-order valence-corrected chi connectivity index (χ2v) is 6.42. The molecule has 0 radical (unpaired) electrons. The highest BCUT2D eigenvalue weighted by Crippen LogP contribution is 2.10. The lowest BCUT2D eigenvalue weighted by atomic mass is 10.3. The predicted octanol–water partition coefficient (Wildman–Crippen LogP) is 3.42. The average Bonchev–Trinajstić information content (AvgIpc) is 2.99. The van der Waals surface area contributed by atoms with Gasteiger partial charge in [-0.1, -0.05) is 12.1 Å². The molecule has 0 fully saturated rings. The van der Waals surface area contributed by atoms with Gasteiger partial charge >= 0.3 is 0 Å². The molecule has 0 saturated carbocycles. The number of aromatic amines is 1. The maximum absolute atomic E-state index is 4.60. The number of aryl methyl sites for hydroxylation is 1. The van der Waals surface area contributed by atoms with Gasteiger partial charge in [0.05, 0.1) is 11.0 Å². The fourth-order valence-electron chi connectivity index (χ4n) is 2.39. The number of aromatic nitrogens is 2. The smallest absolute Gasteiger partial charge is 0.190 e. The quantitative estimate of drug-likeness (QED) is 0.232. The lowest BCUT2D eigenvalue weighted by Crippen LogP contribution is -2.38. The normalized spacial score (nSPS) is 11.3. The summed E-state index contributed by atoms with van der Waals surface area (Å²) in [7, 11) is 1.82. The van der Waals surface area contributed by atoms with E-state index in [2.05, 4.69) is 37.9 Å². The van der Waals surface area contributed by atoms with Crippen molar-refractivity contribution in [1.82, 2.24) is 20.6 Å². The molecule has 0 aliphatic rings. The number of hydrogen-bond donors (Lipinski definition) is 3. The fourth-order valence-corrected chi connectivity index (χ4v) is 2.88. The maximum atomic E-state index is 4.60. The molecule has 1 aromatic carbocycles. The molecule has 1 heterocycles. The van der Waals surface area contributed by atoms with Crippen molar-refractivity contribution >= 4 is 52.7 Å². The second kappa shape index (κ2) is 12.4. The Bertz CT molecular complexity index is 581. The predicted molar refractivity (Wildman–Crippen MR) is 117 cm³/mol. The molecule has 0 aliphatic heterocycles. The summed E-state index contributed by atoms with van der Waals surface area (Å²) in [4.78, 5) is 12.2. The van der Waals surface area contributed by atoms with Crippen molar-refractivity contribution in [2.24, 2.45) is 4.99 Å². The van der Waals surface area contributed by atoms with E-state index in [9.17, 15) is 0 Å². The Labute approximate surface area is 165 Å². The molecule has 1 aromatic heterocycles. The molecule has 0 amide bonds. The number of benzene rings is 1. The van der Waals surface area contributed by atoms with E-state index in [1.54, 1.807) is 0 Å². The molecule has 0 spiro atoms. The zero-order valence-corrected chi connectivity index (χ0v) is 17.6. The highest BCUT2D eigenvalue weighted by molar-refractivity contribution is 14.0. The Morgan fingerprint density at radius 1 is 1.17 bits per heavy atom. The lowest BCUT2D eigenvalue weighted by molar-refractivity contribution is 0.705. The third-order valence-corrected chi connectivity index (χ3v) is 4.31. The van der Waals surface area contributed by atoms with Crippen molar-refractivity contribution in [3.63, 3.8) is 0 Å². The monoisotopic (exact) mass is 461 g/mol. The van der Waals surface area contributed by atoms with Gasteiger partial charge in [0.15, 0.2) is 5.96 Å². The maximum Gasteiger partial charge on any atom is 0.190 e. The van der Waals surface area contributed by atoms with E-state index in [-0.39, 0.29) is 24.0 Å². The minimum atomic E-state index is 0. The van der Waals surface area contributed by atoms with Crippen LogP contribution in [0.3, 0.4) is 0 Å². The number of nitrogens with zero attached hydrogens (tertiary/aromatic N) is 2. The Balaban J connectivity index is 0.00000288. The SMILES string of the molecule is CN=C(NCCCCSC)NCCCc1nc2ccccc2[nH]1.I. The Morgan fingerprint density at radius 3 is 2.62 bits per heavy atom. The standard InChI is InChI=1S/C17H27N5S.HI/c1-18-17(19-11-5-6-13-23-2)20-12-7-10-16-21-14-8-3-4-9-15(14)22-16;/h3-4,8-9H,5-7,10-13H2,1-2H3,(H,21,22)(H2,18,19,20);1H. The molecule has 0 saturated heterocycles. The van der Waals surface area contributed by atoms with Crippen LogP contribution in [-0.4, -0.2) is 48.1 Å². The number of rotatable bonds is 9. The number of H-pyrrole nitrogens is 1. The number of nitrogens with one attached hydrogen (secondary N) is 3. The van der Waals surface area contributed by atoms with Crippen LogP contribution in [0.5, 0.6) is 0 Å². The van der Waals surface area contributed by atoms with Crippen molar-refractivity contribution < 1.29 is 0 Å².